The van der Waals surface area contributed by atoms with Gasteiger partial charge in [0.1, 0.15) is 17.3 Å². The van der Waals surface area contributed by atoms with Gasteiger partial charge >= 0.3 is 0 Å². The van der Waals surface area contributed by atoms with Gasteiger partial charge in [-0.15, -0.1) is 11.3 Å². The maximum absolute atomic E-state index is 14.3. The van der Waals surface area contributed by atoms with Crippen LogP contribution in [0.15, 0.2) is 42.5 Å². The number of carbonyl (C=O) groups excluding carboxylic acids is 1. The van der Waals surface area contributed by atoms with E-state index in [1.165, 1.54) is 0 Å². The summed E-state index contributed by atoms with van der Waals surface area (Å²) in [6.07, 6.45) is 0.850. The smallest absolute Gasteiger partial charge is 0.284 e. The van der Waals surface area contributed by atoms with Crippen molar-refractivity contribution in [3.05, 3.63) is 75.8 Å². The minimum atomic E-state index is -3.79. The van der Waals surface area contributed by atoms with Crippen LogP contribution in [0.5, 0.6) is 0 Å². The molecule has 1 N–H and O–H groups in total. The predicted octanol–water partition coefficient (Wildman–Crippen LogP) is 3.63. The molecule has 0 saturated carbocycles. The molecule has 1 aromatic heterocycles. The first kappa shape index (κ1) is 22.3. The Balaban J connectivity index is 2.06. The van der Waals surface area contributed by atoms with E-state index in [2.05, 4.69) is 4.98 Å². The van der Waals surface area contributed by atoms with Gasteiger partial charge in [-0.1, -0.05) is 0 Å². The summed E-state index contributed by atoms with van der Waals surface area (Å²) in [7, 11) is -3.79. The lowest BCUT2D eigenvalue weighted by molar-refractivity contribution is 0.0977. The average molecular weight is 463 g/mol. The molecule has 7 nitrogen and oxygen atoms in total. The van der Waals surface area contributed by atoms with Crippen LogP contribution < -0.4 is 9.62 Å². The standard InChI is InChI=1S/C20H16F2N4O3S2/c1-12-18(19(27)25-31(2,28)29)24-20(30-12)26(16-6-3-13(10-23)4-7-16)11-14-9-15(21)5-8-17(14)22/h3-9H,11H2,1-2H3,(H,25,27). The molecule has 3 rings (SSSR count). The van der Waals surface area contributed by atoms with Gasteiger partial charge in [0, 0.05) is 16.1 Å². The topological polar surface area (TPSA) is 103 Å². The van der Waals surface area contributed by atoms with Crippen LogP contribution in [0, 0.1) is 29.9 Å². The van der Waals surface area contributed by atoms with E-state index in [0.717, 1.165) is 35.8 Å². The van der Waals surface area contributed by atoms with Crippen molar-refractivity contribution in [1.29, 1.82) is 5.26 Å². The average Bonchev–Trinajstić information content (AvgIpc) is 3.09. The Morgan fingerprint density at radius 1 is 1.23 bits per heavy atom. The predicted molar refractivity (Wildman–Crippen MR) is 113 cm³/mol. The van der Waals surface area contributed by atoms with Crippen molar-refractivity contribution >= 4 is 38.1 Å². The fraction of sp³-hybridized carbons (Fsp3) is 0.150. The highest BCUT2D eigenvalue weighted by Gasteiger charge is 2.23. The molecule has 0 spiro atoms. The molecule has 3 aromatic rings. The highest BCUT2D eigenvalue weighted by atomic mass is 32.2. The van der Waals surface area contributed by atoms with Crippen molar-refractivity contribution in [3.63, 3.8) is 0 Å². The van der Waals surface area contributed by atoms with Gasteiger partial charge in [-0.05, 0) is 49.4 Å². The SMILES string of the molecule is Cc1sc(N(Cc2cc(F)ccc2F)c2ccc(C#N)cc2)nc1C(=O)NS(C)(=O)=O. The van der Waals surface area contributed by atoms with Crippen LogP contribution in [0.3, 0.4) is 0 Å². The molecule has 11 heteroatoms. The van der Waals surface area contributed by atoms with Gasteiger partial charge in [0.05, 0.1) is 24.4 Å². The molecule has 0 unspecified atom stereocenters. The van der Waals surface area contributed by atoms with E-state index >= 15 is 0 Å². The summed E-state index contributed by atoms with van der Waals surface area (Å²) in [6.45, 7) is 1.48. The molecule has 0 aliphatic heterocycles. The molecule has 1 amide bonds. The number of halogens is 2. The first-order chi connectivity index (χ1) is 14.6. The van der Waals surface area contributed by atoms with E-state index in [-0.39, 0.29) is 22.9 Å². The molecule has 0 fully saturated rings. The second-order valence-corrected chi connectivity index (χ2v) is 9.52. The Morgan fingerprint density at radius 3 is 2.52 bits per heavy atom. The molecule has 0 saturated heterocycles. The van der Waals surface area contributed by atoms with E-state index in [1.54, 1.807) is 36.1 Å². The van der Waals surface area contributed by atoms with Crippen LogP contribution >= 0.6 is 11.3 Å². The Hall–Kier alpha value is -3.36. The van der Waals surface area contributed by atoms with E-state index in [1.807, 2.05) is 10.8 Å². The molecule has 1 heterocycles. The minimum Gasteiger partial charge on any atom is -0.313 e. The zero-order chi connectivity index (χ0) is 22.8. The van der Waals surface area contributed by atoms with E-state index in [4.69, 9.17) is 5.26 Å². The second kappa shape index (κ2) is 8.79. The van der Waals surface area contributed by atoms with Crippen LogP contribution in [0.4, 0.5) is 19.6 Å². The van der Waals surface area contributed by atoms with Gasteiger partial charge in [-0.3, -0.25) is 4.79 Å². The maximum Gasteiger partial charge on any atom is 0.284 e. The fourth-order valence-corrected chi connectivity index (χ4v) is 4.10. The van der Waals surface area contributed by atoms with Gasteiger partial charge in [0.25, 0.3) is 5.91 Å². The Labute approximate surface area is 181 Å². The number of aromatic nitrogens is 1. The highest BCUT2D eigenvalue weighted by Crippen LogP contribution is 2.33. The Morgan fingerprint density at radius 2 is 1.90 bits per heavy atom. The number of nitrogens with zero attached hydrogens (tertiary/aromatic N) is 3. The lowest BCUT2D eigenvalue weighted by Crippen LogP contribution is -2.30. The van der Waals surface area contributed by atoms with Crippen LogP contribution in [0.2, 0.25) is 0 Å². The first-order valence-electron chi connectivity index (χ1n) is 8.78. The number of rotatable bonds is 6. The summed E-state index contributed by atoms with van der Waals surface area (Å²) in [5.74, 6) is -2.12. The summed E-state index contributed by atoms with van der Waals surface area (Å²) in [5.41, 5.74) is 0.888. The number of thiazole rings is 1. The molecule has 2 aromatic carbocycles. The number of nitriles is 1. The maximum atomic E-state index is 14.3. The zero-order valence-corrected chi connectivity index (χ0v) is 18.0. The van der Waals surface area contributed by atoms with Crippen molar-refractivity contribution in [3.8, 4) is 6.07 Å². The number of anilines is 2. The summed E-state index contributed by atoms with van der Waals surface area (Å²) < 4.78 is 52.6. The number of sulfonamides is 1. The number of hydrogen-bond donors (Lipinski definition) is 1. The van der Waals surface area contributed by atoms with Crippen LogP contribution in [0.25, 0.3) is 0 Å². The number of amides is 1. The first-order valence-corrected chi connectivity index (χ1v) is 11.5. The number of aryl methyl sites for hydroxylation is 1. The van der Waals surface area contributed by atoms with Gasteiger partial charge in [-0.2, -0.15) is 5.26 Å². The number of benzene rings is 2. The molecule has 160 valence electrons. The Bertz CT molecular complexity index is 1280. The molecule has 0 radical (unpaired) electrons. The molecule has 31 heavy (non-hydrogen) atoms. The summed E-state index contributed by atoms with van der Waals surface area (Å²) in [5, 5.41) is 9.29. The lowest BCUT2D eigenvalue weighted by Gasteiger charge is -2.22. The third-order valence-electron chi connectivity index (χ3n) is 4.15. The Kier molecular flexibility index (Phi) is 6.33. The summed E-state index contributed by atoms with van der Waals surface area (Å²) in [6, 6.07) is 11.4. The van der Waals surface area contributed by atoms with Crippen molar-refractivity contribution < 1.29 is 22.0 Å². The number of nitrogens with one attached hydrogen (secondary N) is 1. The third-order valence-corrected chi connectivity index (χ3v) is 5.70. The summed E-state index contributed by atoms with van der Waals surface area (Å²) in [4.78, 5) is 18.5. The minimum absolute atomic E-state index is 0.0550. The number of carbonyl (C=O) groups is 1. The van der Waals surface area contributed by atoms with Gasteiger partial charge < -0.3 is 4.90 Å². The quantitative estimate of drug-likeness (QED) is 0.600. The molecule has 0 atom stereocenters. The molecule has 0 bridgehead atoms. The van der Waals surface area contributed by atoms with Crippen molar-refractivity contribution in [2.45, 2.75) is 13.5 Å². The van der Waals surface area contributed by atoms with Gasteiger partial charge in [0.2, 0.25) is 10.0 Å². The van der Waals surface area contributed by atoms with Crippen molar-refractivity contribution in [2.75, 3.05) is 11.2 Å². The zero-order valence-electron chi connectivity index (χ0n) is 16.4. The second-order valence-electron chi connectivity index (χ2n) is 6.59. The monoisotopic (exact) mass is 462 g/mol. The third kappa shape index (κ3) is 5.42. The molecular formula is C20H16F2N4O3S2. The van der Waals surface area contributed by atoms with Gasteiger partial charge in [-0.25, -0.2) is 26.9 Å². The van der Waals surface area contributed by atoms with Crippen molar-refractivity contribution in [2.24, 2.45) is 0 Å². The van der Waals surface area contributed by atoms with E-state index in [0.29, 0.717) is 16.1 Å². The van der Waals surface area contributed by atoms with Crippen LogP contribution in [-0.4, -0.2) is 25.6 Å². The number of hydrogen-bond acceptors (Lipinski definition) is 7. The highest BCUT2D eigenvalue weighted by molar-refractivity contribution is 7.89. The van der Waals surface area contributed by atoms with E-state index in [9.17, 15) is 22.0 Å². The molecule has 0 aliphatic rings. The van der Waals surface area contributed by atoms with E-state index < -0.39 is 27.6 Å². The summed E-state index contributed by atoms with van der Waals surface area (Å²) >= 11 is 1.09. The largest absolute Gasteiger partial charge is 0.313 e. The fourth-order valence-electron chi connectivity index (χ4n) is 2.75. The van der Waals surface area contributed by atoms with Crippen molar-refractivity contribution in [1.82, 2.24) is 9.71 Å². The lowest BCUT2D eigenvalue weighted by atomic mass is 10.1. The normalized spacial score (nSPS) is 11.1. The van der Waals surface area contributed by atoms with Crippen LogP contribution in [-0.2, 0) is 16.6 Å². The van der Waals surface area contributed by atoms with Gasteiger partial charge in [0.15, 0.2) is 5.13 Å². The van der Waals surface area contributed by atoms with Crippen LogP contribution in [0.1, 0.15) is 26.5 Å². The molecular weight excluding hydrogens is 446 g/mol. The molecule has 0 aliphatic carbocycles.